The molecule has 0 unspecified atom stereocenters. The van der Waals surface area contributed by atoms with Gasteiger partial charge in [-0.3, -0.25) is 4.79 Å². The molecule has 0 radical (unpaired) electrons. The predicted octanol–water partition coefficient (Wildman–Crippen LogP) is 5.46. The van der Waals surface area contributed by atoms with Gasteiger partial charge in [-0.2, -0.15) is 0 Å². The van der Waals surface area contributed by atoms with Crippen molar-refractivity contribution in [2.24, 2.45) is 23.2 Å². The maximum absolute atomic E-state index is 14.2. The van der Waals surface area contributed by atoms with E-state index >= 15 is 0 Å². The van der Waals surface area contributed by atoms with E-state index in [1.165, 1.54) is 0 Å². The number of rotatable bonds is 7. The smallest absolute Gasteiger partial charge is 0.192 e. The van der Waals surface area contributed by atoms with E-state index in [4.69, 9.17) is 23.4 Å². The molecule has 2 aliphatic carbocycles. The molecule has 0 amide bonds. The van der Waals surface area contributed by atoms with E-state index < -0.39 is 49.4 Å². The molecule has 0 aromatic carbocycles. The van der Waals surface area contributed by atoms with E-state index in [2.05, 4.69) is 54.3 Å². The van der Waals surface area contributed by atoms with Gasteiger partial charge in [0.15, 0.2) is 19.9 Å². The predicted molar refractivity (Wildman–Crippen MR) is 147 cm³/mol. The molecule has 2 saturated carbocycles. The summed E-state index contributed by atoms with van der Waals surface area (Å²) >= 11 is 0. The van der Waals surface area contributed by atoms with Crippen LogP contribution in [0.4, 0.5) is 0 Å². The maximum atomic E-state index is 14.2. The van der Waals surface area contributed by atoms with Crippen molar-refractivity contribution in [1.82, 2.24) is 0 Å². The van der Waals surface area contributed by atoms with Crippen LogP contribution in [0, 0.1) is 23.2 Å². The summed E-state index contributed by atoms with van der Waals surface area (Å²) in [6.45, 7) is 25.0. The van der Waals surface area contributed by atoms with Crippen LogP contribution in [-0.4, -0.2) is 68.9 Å². The normalized spacial score (nSPS) is 40.2. The first-order valence-corrected chi connectivity index (χ1v) is 16.8. The molecular weight excluding hydrogens is 488 g/mol. The average Bonchev–Trinajstić information content (AvgIpc) is 3.22. The molecule has 3 rings (SSSR count). The van der Waals surface area contributed by atoms with Crippen molar-refractivity contribution >= 4 is 14.1 Å². The summed E-state index contributed by atoms with van der Waals surface area (Å²) in [4.78, 5) is 14.2. The summed E-state index contributed by atoms with van der Waals surface area (Å²) < 4.78 is 31.0. The van der Waals surface area contributed by atoms with E-state index in [1.54, 1.807) is 13.2 Å². The van der Waals surface area contributed by atoms with Crippen molar-refractivity contribution in [3.8, 4) is 0 Å². The number of aliphatic hydroxyl groups is 1. The first kappa shape index (κ1) is 30.9. The highest BCUT2D eigenvalue weighted by Crippen LogP contribution is 2.58. The first-order chi connectivity index (χ1) is 16.8. The van der Waals surface area contributed by atoms with E-state index in [1.807, 2.05) is 20.8 Å². The molecule has 7 nitrogen and oxygen atoms in total. The molecule has 0 aromatic heterocycles. The van der Waals surface area contributed by atoms with Gasteiger partial charge in [-0.1, -0.05) is 47.6 Å². The highest BCUT2D eigenvalue weighted by atomic mass is 28.4. The quantitative estimate of drug-likeness (QED) is 0.261. The van der Waals surface area contributed by atoms with Crippen LogP contribution < -0.4 is 0 Å². The summed E-state index contributed by atoms with van der Waals surface area (Å²) in [5, 5.41) is 12.5. The van der Waals surface area contributed by atoms with Crippen LogP contribution in [0.2, 0.25) is 18.1 Å². The average molecular weight is 541 g/mol. The van der Waals surface area contributed by atoms with Crippen LogP contribution in [0.25, 0.3) is 0 Å². The molecule has 37 heavy (non-hydrogen) atoms. The Hall–Kier alpha value is -0.613. The van der Waals surface area contributed by atoms with Gasteiger partial charge in [-0.25, -0.2) is 0 Å². The molecule has 1 aliphatic heterocycles. The molecule has 1 heterocycles. The van der Waals surface area contributed by atoms with Crippen molar-refractivity contribution in [2.45, 2.75) is 129 Å². The summed E-state index contributed by atoms with van der Waals surface area (Å²) in [6, 6.07) is 0. The molecule has 214 valence electrons. The third kappa shape index (κ3) is 5.54. The van der Waals surface area contributed by atoms with Gasteiger partial charge in [-0.15, -0.1) is 6.58 Å². The number of ketones is 1. The highest BCUT2D eigenvalue weighted by molar-refractivity contribution is 6.74. The third-order valence-electron chi connectivity index (χ3n) is 10.1. The largest absolute Gasteiger partial charge is 0.411 e. The molecule has 8 heteroatoms. The lowest BCUT2D eigenvalue weighted by Crippen LogP contribution is -2.59. The number of carbonyl (C=O) groups is 1. The molecule has 3 fully saturated rings. The highest BCUT2D eigenvalue weighted by Gasteiger charge is 2.64. The van der Waals surface area contributed by atoms with Gasteiger partial charge in [0.2, 0.25) is 0 Å². The second-order valence-corrected chi connectivity index (χ2v) is 18.8. The van der Waals surface area contributed by atoms with Crippen LogP contribution in [0.1, 0.15) is 74.7 Å². The Morgan fingerprint density at radius 3 is 2.35 bits per heavy atom. The Kier molecular flexibility index (Phi) is 8.70. The Labute approximate surface area is 225 Å². The van der Waals surface area contributed by atoms with E-state index in [9.17, 15) is 9.90 Å². The minimum atomic E-state index is -2.28. The molecule has 0 aromatic rings. The Morgan fingerprint density at radius 1 is 1.19 bits per heavy atom. The van der Waals surface area contributed by atoms with E-state index in [0.29, 0.717) is 19.3 Å². The van der Waals surface area contributed by atoms with Crippen molar-refractivity contribution in [3.05, 3.63) is 12.7 Å². The molecular formula is C29H52O7Si. The van der Waals surface area contributed by atoms with Gasteiger partial charge >= 0.3 is 0 Å². The maximum Gasteiger partial charge on any atom is 0.192 e. The SMILES string of the molecule is C=C[C@H]1OC(C)(C)O[C@H]1[C@H]1C[C@H](O[Si](C)(C)C(C)(C)C)[C@]2(O)CC[C@H]([C@@H](OCOC)C(=O)[C@@H]1C)C2(C)C. The van der Waals surface area contributed by atoms with Crippen LogP contribution in [0.3, 0.4) is 0 Å². The monoisotopic (exact) mass is 540 g/mol. The van der Waals surface area contributed by atoms with Crippen molar-refractivity contribution in [1.29, 1.82) is 0 Å². The van der Waals surface area contributed by atoms with Gasteiger partial charge in [0.1, 0.15) is 19.0 Å². The zero-order valence-electron chi connectivity index (χ0n) is 25.1. The van der Waals surface area contributed by atoms with Gasteiger partial charge in [0, 0.05) is 30.3 Å². The van der Waals surface area contributed by atoms with Crippen molar-refractivity contribution in [3.63, 3.8) is 0 Å². The van der Waals surface area contributed by atoms with Crippen molar-refractivity contribution in [2.75, 3.05) is 13.9 Å². The molecule has 3 aliphatic rings. The standard InChI is InChI=1S/C29H52O7Si/c1-13-21-24(35-28(8,9)34-21)19-16-22(36-37(11,12)26(3,4)5)29(31)15-14-20(27(29,6)7)25(33-17-32-10)23(30)18(19)2/h13,18-22,24-25,31H,1,14-17H2,2-12H3/t18-,19+,20-,21-,22+,24+,25-,29-/m1/s1. The number of hydrogen-bond donors (Lipinski definition) is 1. The van der Waals surface area contributed by atoms with Crippen LogP contribution >= 0.6 is 0 Å². The van der Waals surface area contributed by atoms with Gasteiger partial charge in [-0.05, 0) is 51.2 Å². The Balaban J connectivity index is 2.17. The van der Waals surface area contributed by atoms with Gasteiger partial charge < -0.3 is 28.5 Å². The van der Waals surface area contributed by atoms with Crippen LogP contribution in [-0.2, 0) is 28.2 Å². The second-order valence-electron chi connectivity index (χ2n) is 14.0. The lowest BCUT2D eigenvalue weighted by Gasteiger charge is -2.50. The Bertz CT molecular complexity index is 848. The summed E-state index contributed by atoms with van der Waals surface area (Å²) in [6.07, 6.45) is 1.55. The number of fused-ring (bicyclic) bond motifs is 2. The number of ether oxygens (including phenoxy) is 4. The number of methoxy groups -OCH3 is 1. The van der Waals surface area contributed by atoms with E-state index in [-0.39, 0.29) is 35.6 Å². The Morgan fingerprint density at radius 2 is 1.81 bits per heavy atom. The molecule has 0 spiro atoms. The molecule has 1 saturated heterocycles. The third-order valence-corrected chi connectivity index (χ3v) is 14.5. The lowest BCUT2D eigenvalue weighted by atomic mass is 9.67. The molecule has 2 bridgehead atoms. The minimum Gasteiger partial charge on any atom is -0.411 e. The molecule has 8 atom stereocenters. The lowest BCUT2D eigenvalue weighted by molar-refractivity contribution is -0.167. The van der Waals surface area contributed by atoms with Crippen LogP contribution in [0.5, 0.6) is 0 Å². The zero-order chi connectivity index (χ0) is 28.2. The summed E-state index contributed by atoms with van der Waals surface area (Å²) in [5.41, 5.74) is -1.75. The fraction of sp³-hybridized carbons (Fsp3) is 0.897. The van der Waals surface area contributed by atoms with Gasteiger partial charge in [0.05, 0.1) is 17.8 Å². The van der Waals surface area contributed by atoms with Crippen molar-refractivity contribution < 1.29 is 33.3 Å². The van der Waals surface area contributed by atoms with Gasteiger partial charge in [0.25, 0.3) is 0 Å². The number of carbonyl (C=O) groups excluding carboxylic acids is 1. The fourth-order valence-corrected chi connectivity index (χ4v) is 7.92. The summed E-state index contributed by atoms with van der Waals surface area (Å²) in [7, 11) is -0.724. The number of hydrogen-bond acceptors (Lipinski definition) is 7. The minimum absolute atomic E-state index is 0.0217. The zero-order valence-corrected chi connectivity index (χ0v) is 26.1. The first-order valence-electron chi connectivity index (χ1n) is 13.9. The van der Waals surface area contributed by atoms with E-state index in [0.717, 1.165) is 0 Å². The number of Topliss-reactive ketones (excluding diaryl/α,β-unsaturated/α-hetero) is 1. The van der Waals surface area contributed by atoms with Crippen LogP contribution in [0.15, 0.2) is 12.7 Å². The fourth-order valence-electron chi connectivity index (χ4n) is 6.57. The molecule has 1 N–H and O–H groups in total. The summed E-state index contributed by atoms with van der Waals surface area (Å²) in [5.74, 6) is -1.62. The second kappa shape index (κ2) is 10.4. The topological polar surface area (TPSA) is 83.5 Å².